The Kier molecular flexibility index (Phi) is 5.50. The number of hydrogen-bond donors (Lipinski definition) is 2. The molecule has 154 valence electrons. The Labute approximate surface area is 169 Å². The van der Waals surface area contributed by atoms with Crippen LogP contribution in [0.3, 0.4) is 0 Å². The maximum atomic E-state index is 12.7. The number of amides is 1. The molecular formula is C22H27N3O4. The first-order chi connectivity index (χ1) is 13.6. The molecule has 0 aliphatic rings. The van der Waals surface area contributed by atoms with Crippen LogP contribution >= 0.6 is 0 Å². The zero-order valence-corrected chi connectivity index (χ0v) is 17.7. The molecule has 0 unspecified atom stereocenters. The van der Waals surface area contributed by atoms with Crippen molar-refractivity contribution < 1.29 is 14.1 Å². The monoisotopic (exact) mass is 397 g/mol. The van der Waals surface area contributed by atoms with Crippen molar-refractivity contribution in [3.63, 3.8) is 0 Å². The number of benzene rings is 1. The fourth-order valence-electron chi connectivity index (χ4n) is 3.36. The predicted octanol–water partition coefficient (Wildman–Crippen LogP) is 3.41. The molecular weight excluding hydrogens is 370 g/mol. The van der Waals surface area contributed by atoms with E-state index in [4.69, 9.17) is 9.26 Å². The second kappa shape index (κ2) is 7.73. The van der Waals surface area contributed by atoms with Crippen molar-refractivity contribution in [2.75, 3.05) is 13.7 Å². The number of carbonyl (C=O) groups excluding carboxylic acids is 1. The summed E-state index contributed by atoms with van der Waals surface area (Å²) >= 11 is 0. The molecule has 0 spiro atoms. The van der Waals surface area contributed by atoms with Crippen LogP contribution in [0.2, 0.25) is 0 Å². The second-order valence-electron chi connectivity index (χ2n) is 8.22. The van der Waals surface area contributed by atoms with Gasteiger partial charge in [0.2, 0.25) is 0 Å². The van der Waals surface area contributed by atoms with E-state index in [0.29, 0.717) is 46.8 Å². The number of nitrogens with zero attached hydrogens (tertiary/aromatic N) is 1. The normalized spacial score (nSPS) is 11.7. The van der Waals surface area contributed by atoms with Gasteiger partial charge in [0.25, 0.3) is 11.5 Å². The SMILES string of the molecule is COc1ccc(C)c2cc(CCNC(=O)c3c(C(C)(C)C)noc3C)c(=O)[nH]c12. The highest BCUT2D eigenvalue weighted by Crippen LogP contribution is 2.27. The summed E-state index contributed by atoms with van der Waals surface area (Å²) in [4.78, 5) is 28.1. The summed E-state index contributed by atoms with van der Waals surface area (Å²) in [5, 5.41) is 7.85. The quantitative estimate of drug-likeness (QED) is 0.688. The Morgan fingerprint density at radius 2 is 2.00 bits per heavy atom. The summed E-state index contributed by atoms with van der Waals surface area (Å²) in [6, 6.07) is 5.65. The van der Waals surface area contributed by atoms with Crippen LogP contribution in [0.5, 0.6) is 5.75 Å². The molecule has 0 atom stereocenters. The maximum Gasteiger partial charge on any atom is 0.256 e. The minimum atomic E-state index is -0.309. The zero-order chi connectivity index (χ0) is 21.3. The molecule has 0 aliphatic carbocycles. The van der Waals surface area contributed by atoms with Crippen LogP contribution in [0.1, 0.15) is 53.7 Å². The van der Waals surface area contributed by atoms with Gasteiger partial charge in [-0.15, -0.1) is 0 Å². The van der Waals surface area contributed by atoms with E-state index in [-0.39, 0.29) is 16.9 Å². The maximum absolute atomic E-state index is 12.7. The van der Waals surface area contributed by atoms with Crippen molar-refractivity contribution in [3.05, 3.63) is 56.7 Å². The van der Waals surface area contributed by atoms with Crippen molar-refractivity contribution in [1.82, 2.24) is 15.5 Å². The molecule has 0 radical (unpaired) electrons. The third-order valence-electron chi connectivity index (χ3n) is 4.97. The van der Waals surface area contributed by atoms with Gasteiger partial charge in [0.15, 0.2) is 0 Å². The molecule has 0 bridgehead atoms. The van der Waals surface area contributed by atoms with Gasteiger partial charge in [-0.2, -0.15) is 0 Å². The highest BCUT2D eigenvalue weighted by Gasteiger charge is 2.28. The van der Waals surface area contributed by atoms with Crippen LogP contribution < -0.4 is 15.6 Å². The number of fused-ring (bicyclic) bond motifs is 1. The molecule has 0 aliphatic heterocycles. The van der Waals surface area contributed by atoms with Gasteiger partial charge >= 0.3 is 0 Å². The van der Waals surface area contributed by atoms with Gasteiger partial charge in [0.1, 0.15) is 22.8 Å². The van der Waals surface area contributed by atoms with E-state index in [1.165, 1.54) is 0 Å². The summed E-state index contributed by atoms with van der Waals surface area (Å²) in [5.41, 5.74) is 2.91. The molecule has 29 heavy (non-hydrogen) atoms. The molecule has 1 amide bonds. The molecule has 2 N–H and O–H groups in total. The lowest BCUT2D eigenvalue weighted by Gasteiger charge is -2.16. The first kappa shape index (κ1) is 20.6. The Morgan fingerprint density at radius 3 is 2.66 bits per heavy atom. The fourth-order valence-corrected chi connectivity index (χ4v) is 3.36. The molecule has 3 aromatic rings. The van der Waals surface area contributed by atoms with Gasteiger partial charge in [-0.3, -0.25) is 9.59 Å². The number of hydrogen-bond acceptors (Lipinski definition) is 5. The molecule has 3 rings (SSSR count). The van der Waals surface area contributed by atoms with Gasteiger partial charge in [-0.25, -0.2) is 0 Å². The molecule has 2 heterocycles. The topological polar surface area (TPSA) is 97.2 Å². The van der Waals surface area contributed by atoms with Crippen LogP contribution in [-0.4, -0.2) is 29.7 Å². The van der Waals surface area contributed by atoms with Crippen LogP contribution in [0.15, 0.2) is 27.5 Å². The van der Waals surface area contributed by atoms with Crippen LogP contribution in [0.25, 0.3) is 10.9 Å². The Bertz CT molecular complexity index is 1120. The number of H-pyrrole nitrogens is 1. The van der Waals surface area contributed by atoms with Crippen molar-refractivity contribution in [1.29, 1.82) is 0 Å². The average molecular weight is 397 g/mol. The van der Waals surface area contributed by atoms with Crippen molar-refractivity contribution >= 4 is 16.8 Å². The number of ether oxygens (including phenoxy) is 1. The minimum Gasteiger partial charge on any atom is -0.495 e. The Balaban J connectivity index is 1.80. The van der Waals surface area contributed by atoms with Crippen molar-refractivity contribution in [2.24, 2.45) is 0 Å². The number of rotatable bonds is 5. The standard InChI is InChI=1S/C22H27N3O4/c1-12-7-8-16(28-6)18-15(12)11-14(20(26)24-18)9-10-23-21(27)17-13(2)29-25-19(17)22(3,4)5/h7-8,11H,9-10H2,1-6H3,(H,23,27)(H,24,26). The first-order valence-electron chi connectivity index (χ1n) is 9.58. The van der Waals surface area contributed by atoms with Gasteiger partial charge in [-0.1, -0.05) is 32.0 Å². The average Bonchev–Trinajstić information content (AvgIpc) is 3.05. The number of nitrogens with one attached hydrogen (secondary N) is 2. The third-order valence-corrected chi connectivity index (χ3v) is 4.97. The molecule has 1 aromatic carbocycles. The highest BCUT2D eigenvalue weighted by molar-refractivity contribution is 5.96. The van der Waals surface area contributed by atoms with E-state index in [2.05, 4.69) is 15.5 Å². The smallest absolute Gasteiger partial charge is 0.256 e. The van der Waals surface area contributed by atoms with Gasteiger partial charge in [0.05, 0.1) is 12.6 Å². The number of aromatic nitrogens is 2. The van der Waals surface area contributed by atoms with Crippen LogP contribution in [0.4, 0.5) is 0 Å². The first-order valence-corrected chi connectivity index (χ1v) is 9.58. The molecule has 0 fully saturated rings. The summed E-state index contributed by atoms with van der Waals surface area (Å²) in [6.07, 6.45) is 0.406. The van der Waals surface area contributed by atoms with Gasteiger partial charge in [0, 0.05) is 22.9 Å². The van der Waals surface area contributed by atoms with E-state index >= 15 is 0 Å². The summed E-state index contributed by atoms with van der Waals surface area (Å²) in [7, 11) is 1.57. The highest BCUT2D eigenvalue weighted by atomic mass is 16.5. The van der Waals surface area contributed by atoms with Crippen molar-refractivity contribution in [2.45, 2.75) is 46.5 Å². The van der Waals surface area contributed by atoms with Crippen LogP contribution in [0, 0.1) is 13.8 Å². The summed E-state index contributed by atoms with van der Waals surface area (Å²) in [5.74, 6) is 0.864. The van der Waals surface area contributed by atoms with E-state index in [1.54, 1.807) is 14.0 Å². The van der Waals surface area contributed by atoms with E-state index in [9.17, 15) is 9.59 Å². The number of carbonyl (C=O) groups is 1. The number of pyridine rings is 1. The molecule has 7 nitrogen and oxygen atoms in total. The summed E-state index contributed by atoms with van der Waals surface area (Å²) < 4.78 is 10.6. The lowest BCUT2D eigenvalue weighted by atomic mass is 9.88. The number of aromatic amines is 1. The van der Waals surface area contributed by atoms with Crippen LogP contribution in [-0.2, 0) is 11.8 Å². The molecule has 2 aromatic heterocycles. The number of aryl methyl sites for hydroxylation is 2. The molecule has 0 saturated carbocycles. The third kappa shape index (κ3) is 4.04. The van der Waals surface area contributed by atoms with Gasteiger partial charge in [-0.05, 0) is 38.0 Å². The van der Waals surface area contributed by atoms with E-state index < -0.39 is 0 Å². The minimum absolute atomic E-state index is 0.188. The fraction of sp³-hybridized carbons (Fsp3) is 0.409. The molecule has 0 saturated heterocycles. The predicted molar refractivity (Wildman–Crippen MR) is 112 cm³/mol. The lowest BCUT2D eigenvalue weighted by molar-refractivity contribution is 0.0950. The Hall–Kier alpha value is -3.09. The van der Waals surface area contributed by atoms with Crippen molar-refractivity contribution in [3.8, 4) is 5.75 Å². The summed E-state index contributed by atoms with van der Waals surface area (Å²) in [6.45, 7) is 9.96. The largest absolute Gasteiger partial charge is 0.495 e. The number of methoxy groups -OCH3 is 1. The molecule has 7 heteroatoms. The zero-order valence-electron chi connectivity index (χ0n) is 17.7. The van der Waals surface area contributed by atoms with Gasteiger partial charge < -0.3 is 19.6 Å². The van der Waals surface area contributed by atoms with E-state index in [1.807, 2.05) is 45.9 Å². The van der Waals surface area contributed by atoms with E-state index in [0.717, 1.165) is 10.9 Å². The lowest BCUT2D eigenvalue weighted by Crippen LogP contribution is -2.30. The second-order valence-corrected chi connectivity index (χ2v) is 8.22. The Morgan fingerprint density at radius 1 is 1.28 bits per heavy atom.